The molecule has 5 rings (SSSR count). The van der Waals surface area contributed by atoms with E-state index in [0.717, 1.165) is 36.0 Å². The zero-order valence-corrected chi connectivity index (χ0v) is 27.8. The molecule has 2 atom stereocenters. The van der Waals surface area contributed by atoms with Gasteiger partial charge in [0.1, 0.15) is 17.8 Å². The molecule has 2 amide bonds. The molecule has 1 aromatic heterocycles. The molecule has 1 saturated heterocycles. The summed E-state index contributed by atoms with van der Waals surface area (Å²) in [5.41, 5.74) is 1.11. The van der Waals surface area contributed by atoms with Crippen LogP contribution in [0.2, 0.25) is 5.02 Å². The number of likely N-dealkylation sites (tertiary alicyclic amines) is 1. The van der Waals surface area contributed by atoms with Crippen molar-refractivity contribution in [1.29, 1.82) is 0 Å². The lowest BCUT2D eigenvalue weighted by Gasteiger charge is -2.45. The highest BCUT2D eigenvalue weighted by atomic mass is 35.5. The van der Waals surface area contributed by atoms with Gasteiger partial charge in [-0.3, -0.25) is 4.79 Å². The molecule has 1 aliphatic carbocycles. The molecule has 0 spiro atoms. The Balaban J connectivity index is 1.45. The summed E-state index contributed by atoms with van der Waals surface area (Å²) in [6, 6.07) is 19.0. The number of pyridine rings is 1. The van der Waals surface area contributed by atoms with E-state index in [1.54, 1.807) is 46.2 Å². The van der Waals surface area contributed by atoms with Crippen LogP contribution in [0.4, 0.5) is 4.79 Å². The second kappa shape index (κ2) is 14.4. The van der Waals surface area contributed by atoms with E-state index in [1.807, 2.05) is 53.4 Å². The van der Waals surface area contributed by atoms with Crippen LogP contribution in [0, 0.1) is 5.92 Å². The number of amides is 2. The number of aromatic nitrogens is 1. The van der Waals surface area contributed by atoms with E-state index in [4.69, 9.17) is 25.8 Å². The summed E-state index contributed by atoms with van der Waals surface area (Å²) in [5, 5.41) is 13.1. The number of nitrogens with zero attached hydrogens (tertiary/aromatic N) is 3. The largest absolute Gasteiger partial charge is 0.473 e. The standard InChI is InChI=1S/C36H44ClN3O6/c1-35(2,3)46-34(42)39-18-16-36(43,28-14-17-38-32(21-28)45-24-26-8-6-5-7-9-26)30(23-39)33(41)40(29-11-12-29)22-27-20-25(15-19-44-4)10-13-31(27)37/h5-10,13-14,17,20-21,29-30,43H,11-12,15-16,18-19,22-24H2,1-4H3/t30-,36-/m1/s1. The molecule has 246 valence electrons. The molecule has 2 aliphatic rings. The minimum absolute atomic E-state index is 0.00237. The average molecular weight is 650 g/mol. The molecule has 3 aromatic rings. The lowest BCUT2D eigenvalue weighted by molar-refractivity contribution is -0.155. The Morgan fingerprint density at radius 1 is 1.09 bits per heavy atom. The maximum Gasteiger partial charge on any atom is 0.410 e. The summed E-state index contributed by atoms with van der Waals surface area (Å²) < 4.78 is 16.9. The van der Waals surface area contributed by atoms with Crippen molar-refractivity contribution in [2.45, 2.75) is 76.9 Å². The molecule has 0 bridgehead atoms. The van der Waals surface area contributed by atoms with E-state index in [0.29, 0.717) is 36.2 Å². The fourth-order valence-electron chi connectivity index (χ4n) is 5.83. The summed E-state index contributed by atoms with van der Waals surface area (Å²) in [5.74, 6) is -0.858. The maximum atomic E-state index is 14.7. The molecule has 0 unspecified atom stereocenters. The molecule has 10 heteroatoms. The number of methoxy groups -OCH3 is 1. The molecule has 1 saturated carbocycles. The fourth-order valence-corrected chi connectivity index (χ4v) is 6.01. The second-order valence-corrected chi connectivity index (χ2v) is 13.6. The number of carbonyl (C=O) groups is 2. The van der Waals surface area contributed by atoms with E-state index in [1.165, 1.54) is 4.90 Å². The summed E-state index contributed by atoms with van der Waals surface area (Å²) in [6.45, 7) is 6.81. The number of aliphatic hydroxyl groups is 1. The van der Waals surface area contributed by atoms with Gasteiger partial charge in [-0.1, -0.05) is 54.1 Å². The predicted octanol–water partition coefficient (Wildman–Crippen LogP) is 6.14. The van der Waals surface area contributed by atoms with E-state index in [-0.39, 0.29) is 31.5 Å². The van der Waals surface area contributed by atoms with Crippen molar-refractivity contribution in [2.24, 2.45) is 5.92 Å². The number of benzene rings is 2. The number of piperidine rings is 1. The highest BCUT2D eigenvalue weighted by Crippen LogP contribution is 2.42. The summed E-state index contributed by atoms with van der Waals surface area (Å²) in [6.07, 6.45) is 3.65. The van der Waals surface area contributed by atoms with E-state index in [9.17, 15) is 14.7 Å². The van der Waals surface area contributed by atoms with Crippen LogP contribution in [-0.2, 0) is 39.4 Å². The summed E-state index contributed by atoms with van der Waals surface area (Å²) >= 11 is 6.65. The van der Waals surface area contributed by atoms with Crippen molar-refractivity contribution < 1.29 is 28.9 Å². The first-order valence-corrected chi connectivity index (χ1v) is 16.2. The quantitative estimate of drug-likeness (QED) is 0.266. The average Bonchev–Trinajstić information content (AvgIpc) is 3.88. The first-order valence-electron chi connectivity index (χ1n) is 15.9. The second-order valence-electron chi connectivity index (χ2n) is 13.2. The third kappa shape index (κ3) is 8.37. The predicted molar refractivity (Wildman–Crippen MR) is 175 cm³/mol. The normalized spacial score (nSPS) is 19.9. The molecular formula is C36H44ClN3O6. The van der Waals surface area contributed by atoms with Crippen LogP contribution in [0.15, 0.2) is 66.9 Å². The fraction of sp³-hybridized carbons (Fsp3) is 0.472. The monoisotopic (exact) mass is 649 g/mol. The molecule has 9 nitrogen and oxygen atoms in total. The van der Waals surface area contributed by atoms with Crippen molar-refractivity contribution in [2.75, 3.05) is 26.8 Å². The van der Waals surface area contributed by atoms with Crippen LogP contribution < -0.4 is 4.74 Å². The third-order valence-corrected chi connectivity index (χ3v) is 8.84. The van der Waals surface area contributed by atoms with Gasteiger partial charge < -0.3 is 29.1 Å². The van der Waals surface area contributed by atoms with Crippen molar-refractivity contribution in [1.82, 2.24) is 14.8 Å². The van der Waals surface area contributed by atoms with Gasteiger partial charge in [-0.05, 0) is 80.8 Å². The number of hydrogen-bond donors (Lipinski definition) is 1. The number of ether oxygens (including phenoxy) is 3. The molecule has 0 radical (unpaired) electrons. The molecular weight excluding hydrogens is 606 g/mol. The Morgan fingerprint density at radius 2 is 1.85 bits per heavy atom. The minimum atomic E-state index is -1.58. The molecule has 2 heterocycles. The lowest BCUT2D eigenvalue weighted by atomic mass is 9.75. The Hall–Kier alpha value is -3.66. The number of halogens is 1. The van der Waals surface area contributed by atoms with Gasteiger partial charge in [-0.25, -0.2) is 9.78 Å². The van der Waals surface area contributed by atoms with Gasteiger partial charge in [0.05, 0.1) is 12.5 Å². The van der Waals surface area contributed by atoms with Crippen molar-refractivity contribution >= 4 is 23.6 Å². The number of carbonyl (C=O) groups excluding carboxylic acids is 2. The van der Waals surface area contributed by atoms with Crippen LogP contribution in [-0.4, -0.2) is 70.3 Å². The van der Waals surface area contributed by atoms with Crippen LogP contribution in [0.5, 0.6) is 5.88 Å². The first kappa shape index (κ1) is 33.7. The third-order valence-electron chi connectivity index (χ3n) is 8.47. The van der Waals surface area contributed by atoms with Gasteiger partial charge in [0.2, 0.25) is 11.8 Å². The van der Waals surface area contributed by atoms with Gasteiger partial charge in [-0.2, -0.15) is 0 Å². The van der Waals surface area contributed by atoms with Crippen LogP contribution in [0.1, 0.15) is 62.3 Å². The molecule has 1 N–H and O–H groups in total. The lowest BCUT2D eigenvalue weighted by Crippen LogP contribution is -2.58. The van der Waals surface area contributed by atoms with Gasteiger partial charge >= 0.3 is 6.09 Å². The van der Waals surface area contributed by atoms with Crippen LogP contribution >= 0.6 is 11.6 Å². The summed E-state index contributed by atoms with van der Waals surface area (Å²) in [7, 11) is 1.66. The molecule has 2 fully saturated rings. The smallest absolute Gasteiger partial charge is 0.410 e. The van der Waals surface area contributed by atoms with Crippen LogP contribution in [0.3, 0.4) is 0 Å². The van der Waals surface area contributed by atoms with Gasteiger partial charge in [-0.15, -0.1) is 0 Å². The van der Waals surface area contributed by atoms with Crippen molar-refractivity contribution in [3.63, 3.8) is 0 Å². The Labute approximate surface area is 276 Å². The first-order chi connectivity index (χ1) is 22.0. The molecule has 46 heavy (non-hydrogen) atoms. The highest BCUT2D eigenvalue weighted by molar-refractivity contribution is 6.31. The Bertz CT molecular complexity index is 1510. The molecule has 1 aliphatic heterocycles. The van der Waals surface area contributed by atoms with Crippen LogP contribution in [0.25, 0.3) is 0 Å². The Kier molecular flexibility index (Phi) is 10.6. The topological polar surface area (TPSA) is 101 Å². The van der Waals surface area contributed by atoms with Crippen molar-refractivity contribution in [3.8, 4) is 5.88 Å². The van der Waals surface area contributed by atoms with E-state index < -0.39 is 23.2 Å². The summed E-state index contributed by atoms with van der Waals surface area (Å²) in [4.78, 5) is 35.6. The zero-order valence-electron chi connectivity index (χ0n) is 27.1. The Morgan fingerprint density at radius 3 is 2.54 bits per heavy atom. The van der Waals surface area contributed by atoms with E-state index >= 15 is 0 Å². The SMILES string of the molecule is COCCc1ccc(Cl)c(CN(C(=O)[C@H]2CN(C(=O)OC(C)(C)C)CC[C@@]2(O)c2ccnc(OCc3ccccc3)c2)C2CC2)c1. The zero-order chi connectivity index (χ0) is 32.9. The van der Waals surface area contributed by atoms with Crippen molar-refractivity contribution in [3.05, 3.63) is 94.1 Å². The highest BCUT2D eigenvalue weighted by Gasteiger charge is 2.51. The minimum Gasteiger partial charge on any atom is -0.473 e. The van der Waals surface area contributed by atoms with E-state index in [2.05, 4.69) is 4.98 Å². The number of rotatable bonds is 11. The van der Waals surface area contributed by atoms with Gasteiger partial charge in [0.15, 0.2) is 0 Å². The number of hydrogen-bond acceptors (Lipinski definition) is 7. The van der Waals surface area contributed by atoms with Gasteiger partial charge in [0.25, 0.3) is 0 Å². The maximum absolute atomic E-state index is 14.7. The van der Waals surface area contributed by atoms with Gasteiger partial charge in [0, 0.05) is 50.1 Å². The molecule has 2 aromatic carbocycles.